The number of nitrogens with zero attached hydrogens (tertiary/aromatic N) is 2. The van der Waals surface area contributed by atoms with Crippen LogP contribution < -0.4 is 15.6 Å². The topological polar surface area (TPSA) is 65.4 Å². The molecule has 0 radical (unpaired) electrons. The van der Waals surface area contributed by atoms with E-state index in [-0.39, 0.29) is 18.3 Å². The van der Waals surface area contributed by atoms with Gasteiger partial charge in [0.05, 0.1) is 31.5 Å². The summed E-state index contributed by atoms with van der Waals surface area (Å²) in [5.41, 5.74) is -1.56. The normalized spacial score (nSPS) is 20.0. The molecular weight excluding hydrogens is 363 g/mol. The minimum absolute atomic E-state index is 0.0693. The third-order valence-electron chi connectivity index (χ3n) is 4.57. The van der Waals surface area contributed by atoms with Crippen molar-refractivity contribution in [2.24, 2.45) is 0 Å². The molecule has 0 aliphatic carbocycles. The van der Waals surface area contributed by atoms with E-state index < -0.39 is 23.3 Å². The smallest absolute Gasteiger partial charge is 0.421 e. The number of aromatic nitrogens is 2. The first kappa shape index (κ1) is 19.4. The fourth-order valence-corrected chi connectivity index (χ4v) is 3.05. The summed E-state index contributed by atoms with van der Waals surface area (Å²) in [6.45, 7) is 0.446. The molecule has 0 bridgehead atoms. The first-order valence-electron chi connectivity index (χ1n) is 8.40. The van der Waals surface area contributed by atoms with Gasteiger partial charge in [0, 0.05) is 13.7 Å². The van der Waals surface area contributed by atoms with Crippen molar-refractivity contribution < 1.29 is 22.6 Å². The highest BCUT2D eigenvalue weighted by molar-refractivity contribution is 5.28. The maximum atomic E-state index is 13.4. The van der Waals surface area contributed by atoms with Crippen molar-refractivity contribution >= 4 is 0 Å². The minimum Gasteiger partial charge on any atom is -0.497 e. The zero-order valence-electron chi connectivity index (χ0n) is 14.9. The predicted molar refractivity (Wildman–Crippen MR) is 91.8 cm³/mol. The first-order valence-corrected chi connectivity index (χ1v) is 8.40. The number of hydrogen-bond acceptors (Lipinski definition) is 5. The van der Waals surface area contributed by atoms with Crippen LogP contribution in [0.3, 0.4) is 0 Å². The average molecular weight is 383 g/mol. The van der Waals surface area contributed by atoms with Crippen LogP contribution in [0.25, 0.3) is 0 Å². The number of rotatable bonds is 5. The Morgan fingerprint density at radius 1 is 1.26 bits per heavy atom. The molecule has 2 unspecified atom stereocenters. The molecule has 2 atom stereocenters. The quantitative estimate of drug-likeness (QED) is 0.859. The lowest BCUT2D eigenvalue weighted by atomic mass is 10.1. The van der Waals surface area contributed by atoms with Gasteiger partial charge in [-0.2, -0.15) is 18.3 Å². The molecular formula is C18H20F3N3O3. The number of benzene rings is 1. The molecule has 146 valence electrons. The van der Waals surface area contributed by atoms with Crippen molar-refractivity contribution in [3.8, 4) is 5.75 Å². The Balaban J connectivity index is 1.98. The number of ether oxygens (including phenoxy) is 2. The SMILES string of the molecule is COc1ccc(Cn2nc(C3CC(OC)CN3)cc(C(F)(F)F)c2=O)cc1. The second-order valence-corrected chi connectivity index (χ2v) is 6.35. The molecule has 0 spiro atoms. The summed E-state index contributed by atoms with van der Waals surface area (Å²) in [7, 11) is 3.07. The van der Waals surface area contributed by atoms with Gasteiger partial charge in [-0.1, -0.05) is 12.1 Å². The van der Waals surface area contributed by atoms with E-state index in [0.29, 0.717) is 24.3 Å². The van der Waals surface area contributed by atoms with Gasteiger partial charge >= 0.3 is 6.18 Å². The van der Waals surface area contributed by atoms with Crippen molar-refractivity contribution in [2.75, 3.05) is 20.8 Å². The summed E-state index contributed by atoms with van der Waals surface area (Å²) < 4.78 is 51.3. The number of hydrogen-bond donors (Lipinski definition) is 1. The van der Waals surface area contributed by atoms with Crippen LogP contribution in [0.1, 0.15) is 29.3 Å². The van der Waals surface area contributed by atoms with Gasteiger partial charge < -0.3 is 14.8 Å². The molecule has 0 saturated carbocycles. The molecule has 2 aromatic rings. The van der Waals surface area contributed by atoms with Crippen LogP contribution in [0.5, 0.6) is 5.75 Å². The lowest BCUT2D eigenvalue weighted by Crippen LogP contribution is -2.33. The van der Waals surface area contributed by atoms with Gasteiger partial charge in [-0.25, -0.2) is 4.68 Å². The maximum Gasteiger partial charge on any atom is 0.421 e. The van der Waals surface area contributed by atoms with Crippen molar-refractivity contribution in [3.05, 3.63) is 57.5 Å². The summed E-state index contributed by atoms with van der Waals surface area (Å²) in [6.07, 6.45) is -4.37. The van der Waals surface area contributed by atoms with Gasteiger partial charge in [-0.3, -0.25) is 4.79 Å². The van der Waals surface area contributed by atoms with E-state index in [9.17, 15) is 18.0 Å². The zero-order chi connectivity index (χ0) is 19.6. The molecule has 1 fully saturated rings. The summed E-state index contributed by atoms with van der Waals surface area (Å²) in [4.78, 5) is 12.3. The summed E-state index contributed by atoms with van der Waals surface area (Å²) in [5.74, 6) is 0.615. The van der Waals surface area contributed by atoms with E-state index in [1.54, 1.807) is 31.4 Å². The van der Waals surface area contributed by atoms with Crippen LogP contribution in [0.4, 0.5) is 13.2 Å². The average Bonchev–Trinajstić information content (AvgIpc) is 3.12. The van der Waals surface area contributed by atoms with Crippen molar-refractivity contribution in [1.29, 1.82) is 0 Å². The fourth-order valence-electron chi connectivity index (χ4n) is 3.05. The summed E-state index contributed by atoms with van der Waals surface area (Å²) >= 11 is 0. The van der Waals surface area contributed by atoms with Crippen molar-refractivity contribution in [2.45, 2.75) is 31.3 Å². The van der Waals surface area contributed by atoms with E-state index in [4.69, 9.17) is 9.47 Å². The molecule has 1 saturated heterocycles. The molecule has 27 heavy (non-hydrogen) atoms. The number of nitrogens with one attached hydrogen (secondary N) is 1. The molecule has 1 aliphatic heterocycles. The zero-order valence-corrected chi connectivity index (χ0v) is 14.9. The highest BCUT2D eigenvalue weighted by atomic mass is 19.4. The van der Waals surface area contributed by atoms with Gasteiger partial charge in [0.25, 0.3) is 5.56 Å². The molecule has 1 aliphatic rings. The maximum absolute atomic E-state index is 13.4. The molecule has 0 amide bonds. The van der Waals surface area contributed by atoms with E-state index in [1.165, 1.54) is 7.11 Å². The summed E-state index contributed by atoms with van der Waals surface area (Å²) in [5, 5.41) is 7.28. The lowest BCUT2D eigenvalue weighted by molar-refractivity contribution is -0.139. The Bertz CT molecular complexity index is 850. The fraction of sp³-hybridized carbons (Fsp3) is 0.444. The number of alkyl halides is 3. The van der Waals surface area contributed by atoms with Crippen LogP contribution in [0.15, 0.2) is 35.1 Å². The van der Waals surface area contributed by atoms with Gasteiger partial charge in [0.1, 0.15) is 11.3 Å². The third-order valence-corrected chi connectivity index (χ3v) is 4.57. The predicted octanol–water partition coefficient (Wildman–Crippen LogP) is 2.37. The molecule has 3 rings (SSSR count). The minimum atomic E-state index is -4.75. The van der Waals surface area contributed by atoms with E-state index in [0.717, 1.165) is 10.7 Å². The standard InChI is InChI=1S/C18H20F3N3O3/c1-26-12-5-3-11(4-6-12)10-24-17(25)14(18(19,20)21)8-16(23-24)15-7-13(27-2)9-22-15/h3-6,8,13,15,22H,7,9-10H2,1-2H3. The van der Waals surface area contributed by atoms with Crippen LogP contribution in [-0.2, 0) is 17.5 Å². The Hall–Kier alpha value is -2.39. The molecule has 6 nitrogen and oxygen atoms in total. The number of methoxy groups -OCH3 is 2. The van der Waals surface area contributed by atoms with Crippen molar-refractivity contribution in [1.82, 2.24) is 15.1 Å². The Labute approximate surface area is 153 Å². The van der Waals surface area contributed by atoms with E-state index >= 15 is 0 Å². The molecule has 1 aromatic carbocycles. The van der Waals surface area contributed by atoms with E-state index in [1.807, 2.05) is 0 Å². The first-order chi connectivity index (χ1) is 12.8. The Morgan fingerprint density at radius 2 is 1.96 bits per heavy atom. The molecule has 9 heteroatoms. The van der Waals surface area contributed by atoms with Crippen LogP contribution in [0.2, 0.25) is 0 Å². The van der Waals surface area contributed by atoms with Crippen molar-refractivity contribution in [3.63, 3.8) is 0 Å². The Morgan fingerprint density at radius 3 is 2.52 bits per heavy atom. The molecule has 1 aromatic heterocycles. The van der Waals surface area contributed by atoms with Crippen LogP contribution >= 0.6 is 0 Å². The lowest BCUT2D eigenvalue weighted by Gasteiger charge is -2.16. The van der Waals surface area contributed by atoms with Gasteiger partial charge in [-0.15, -0.1) is 0 Å². The second kappa shape index (κ2) is 7.69. The molecule has 1 N–H and O–H groups in total. The Kier molecular flexibility index (Phi) is 5.52. The largest absolute Gasteiger partial charge is 0.497 e. The van der Waals surface area contributed by atoms with E-state index in [2.05, 4.69) is 10.4 Å². The summed E-state index contributed by atoms with van der Waals surface area (Å²) in [6, 6.07) is 7.15. The van der Waals surface area contributed by atoms with Crippen LogP contribution in [-0.4, -0.2) is 36.6 Å². The van der Waals surface area contributed by atoms with Gasteiger partial charge in [0.15, 0.2) is 0 Å². The third kappa shape index (κ3) is 4.30. The van der Waals surface area contributed by atoms with Gasteiger partial charge in [-0.05, 0) is 30.2 Å². The highest BCUT2D eigenvalue weighted by Crippen LogP contribution is 2.30. The molecule has 2 heterocycles. The monoisotopic (exact) mass is 383 g/mol. The highest BCUT2D eigenvalue weighted by Gasteiger charge is 2.37. The number of halogens is 3. The van der Waals surface area contributed by atoms with Crippen LogP contribution in [0, 0.1) is 0 Å². The second-order valence-electron chi connectivity index (χ2n) is 6.35. The van der Waals surface area contributed by atoms with Gasteiger partial charge in [0.2, 0.25) is 0 Å².